The van der Waals surface area contributed by atoms with E-state index in [2.05, 4.69) is 31.0 Å². The summed E-state index contributed by atoms with van der Waals surface area (Å²) in [4.78, 5) is 46.3. The average molecular weight is 634 g/mol. The van der Waals surface area contributed by atoms with E-state index in [4.69, 9.17) is 14.0 Å². The number of amides is 3. The van der Waals surface area contributed by atoms with Crippen molar-refractivity contribution in [2.24, 2.45) is 13.0 Å². The molecular formula is C31H39N9O6. The normalized spacial score (nSPS) is 16.6. The number of carbonyl (C=O) groups is 3. The van der Waals surface area contributed by atoms with E-state index < -0.39 is 11.9 Å². The summed E-state index contributed by atoms with van der Waals surface area (Å²) in [7, 11) is 3.34. The lowest BCUT2D eigenvalue weighted by Gasteiger charge is -2.26. The topological polar surface area (TPSA) is 172 Å². The number of methoxy groups -OCH3 is 1. The van der Waals surface area contributed by atoms with Gasteiger partial charge in [-0.25, -0.2) is 9.67 Å². The van der Waals surface area contributed by atoms with Gasteiger partial charge in [-0.3, -0.25) is 19.1 Å². The van der Waals surface area contributed by atoms with Gasteiger partial charge in [-0.1, -0.05) is 19.0 Å². The molecule has 0 radical (unpaired) electrons. The minimum Gasteiger partial charge on any atom is -0.493 e. The number of nitrogens with zero attached hydrogens (tertiary/aromatic N) is 7. The van der Waals surface area contributed by atoms with E-state index in [1.165, 1.54) is 12.0 Å². The summed E-state index contributed by atoms with van der Waals surface area (Å²) in [5, 5.41) is 18.7. The third-order valence-electron chi connectivity index (χ3n) is 7.80. The largest absolute Gasteiger partial charge is 0.493 e. The number of rotatable bonds is 4. The number of benzene rings is 1. The number of aryl methyl sites for hydroxylation is 2. The van der Waals surface area contributed by atoms with Crippen molar-refractivity contribution in [3.63, 3.8) is 0 Å². The standard InChI is InChI=1S/C31H39N9O6/c1-18(2)28-29-34-20(4)36-40(29)12-13-45-26-14-21(8-9-24(26)44-6)30(42)32-10-7-11-39(17-27(41)35-28)31(43)23-15-25(46-37-23)22-16-33-38(5)19(22)3/h8-9,14-16,18,28H,7,10-13,17H2,1-6H3,(H,32,42)(H,35,41)/t28-/m0/s1. The van der Waals surface area contributed by atoms with E-state index in [0.29, 0.717) is 53.0 Å². The smallest absolute Gasteiger partial charge is 0.276 e. The zero-order chi connectivity index (χ0) is 33.0. The number of carbonyl (C=O) groups excluding carboxylic acids is 3. The van der Waals surface area contributed by atoms with Crippen molar-refractivity contribution in [1.29, 1.82) is 0 Å². The molecule has 4 aromatic rings. The van der Waals surface area contributed by atoms with Crippen LogP contribution in [-0.2, 0) is 18.4 Å². The first-order valence-corrected chi connectivity index (χ1v) is 15.1. The molecule has 0 saturated heterocycles. The molecule has 0 saturated carbocycles. The van der Waals surface area contributed by atoms with Crippen LogP contribution < -0.4 is 20.1 Å². The lowest BCUT2D eigenvalue weighted by atomic mass is 10.0. The van der Waals surface area contributed by atoms with Crippen molar-refractivity contribution in [2.75, 3.05) is 33.4 Å². The fraction of sp³-hybridized carbons (Fsp3) is 0.452. The SMILES string of the molecule is COc1ccc2cc1OCCn1nc(C)nc1[C@H](C(C)C)NC(=O)CN(C(=O)c1cc(-c3cnn(C)c3C)on1)CCCNC2=O. The van der Waals surface area contributed by atoms with Gasteiger partial charge < -0.3 is 29.5 Å². The highest BCUT2D eigenvalue weighted by atomic mass is 16.5. The van der Waals surface area contributed by atoms with Gasteiger partial charge in [0.1, 0.15) is 18.3 Å². The number of hydrogen-bond donors (Lipinski definition) is 2. The van der Waals surface area contributed by atoms with Crippen LogP contribution in [0.2, 0.25) is 0 Å². The molecule has 2 N–H and O–H groups in total. The Morgan fingerprint density at radius 3 is 2.67 bits per heavy atom. The van der Waals surface area contributed by atoms with Crippen LogP contribution in [0.15, 0.2) is 35.0 Å². The van der Waals surface area contributed by atoms with E-state index in [9.17, 15) is 14.4 Å². The van der Waals surface area contributed by atoms with Crippen molar-refractivity contribution >= 4 is 17.7 Å². The van der Waals surface area contributed by atoms with E-state index in [-0.39, 0.29) is 49.7 Å². The van der Waals surface area contributed by atoms with Crippen LogP contribution >= 0.6 is 0 Å². The molecule has 0 fully saturated rings. The highest BCUT2D eigenvalue weighted by Crippen LogP contribution is 2.29. The van der Waals surface area contributed by atoms with Gasteiger partial charge in [-0.15, -0.1) is 0 Å². The van der Waals surface area contributed by atoms with Crippen LogP contribution in [-0.4, -0.2) is 85.7 Å². The Balaban J connectivity index is 1.44. The van der Waals surface area contributed by atoms with E-state index in [0.717, 1.165) is 5.69 Å². The Kier molecular flexibility index (Phi) is 9.68. The van der Waals surface area contributed by atoms with E-state index in [1.54, 1.807) is 46.7 Å². The molecule has 3 amide bonds. The fourth-order valence-corrected chi connectivity index (χ4v) is 5.19. The van der Waals surface area contributed by atoms with Gasteiger partial charge in [-0.05, 0) is 44.4 Å². The first kappa shape index (κ1) is 32.2. The summed E-state index contributed by atoms with van der Waals surface area (Å²) in [6, 6.07) is 6.01. The predicted molar refractivity (Wildman–Crippen MR) is 165 cm³/mol. The molecule has 1 aliphatic heterocycles. The first-order chi connectivity index (χ1) is 22.0. The molecule has 0 unspecified atom stereocenters. The maximum Gasteiger partial charge on any atom is 0.276 e. The van der Waals surface area contributed by atoms with Crippen LogP contribution in [0.25, 0.3) is 11.3 Å². The quantitative estimate of drug-likeness (QED) is 0.340. The molecule has 0 spiro atoms. The summed E-state index contributed by atoms with van der Waals surface area (Å²) in [5.74, 6) is 1.17. The fourth-order valence-electron chi connectivity index (χ4n) is 5.19. The van der Waals surface area contributed by atoms with Crippen LogP contribution in [0.4, 0.5) is 0 Å². The maximum absolute atomic E-state index is 13.7. The number of ether oxygens (including phenoxy) is 2. The molecule has 1 atom stereocenters. The van der Waals surface area contributed by atoms with Crippen LogP contribution in [0.5, 0.6) is 11.5 Å². The second-order valence-electron chi connectivity index (χ2n) is 11.4. The van der Waals surface area contributed by atoms with Gasteiger partial charge in [0.05, 0.1) is 38.0 Å². The monoisotopic (exact) mass is 633 g/mol. The first-order valence-electron chi connectivity index (χ1n) is 15.1. The summed E-state index contributed by atoms with van der Waals surface area (Å²) < 4.78 is 20.4. The minimum atomic E-state index is -0.492. The zero-order valence-corrected chi connectivity index (χ0v) is 26.9. The average Bonchev–Trinajstić information content (AvgIpc) is 3.75. The molecule has 244 valence electrons. The lowest BCUT2D eigenvalue weighted by Crippen LogP contribution is -2.44. The van der Waals surface area contributed by atoms with Crippen LogP contribution in [0, 0.1) is 19.8 Å². The molecule has 2 bridgehead atoms. The molecule has 15 nitrogen and oxygen atoms in total. The molecule has 1 aromatic carbocycles. The number of aromatic nitrogens is 6. The Hall–Kier alpha value is -5.21. The predicted octanol–water partition coefficient (Wildman–Crippen LogP) is 2.46. The van der Waals surface area contributed by atoms with Gasteiger partial charge in [0.15, 0.2) is 23.0 Å². The van der Waals surface area contributed by atoms with Gasteiger partial charge in [0, 0.05) is 37.5 Å². The molecule has 3 aromatic heterocycles. The summed E-state index contributed by atoms with van der Waals surface area (Å²) in [5.41, 5.74) is 2.00. The van der Waals surface area contributed by atoms with Crippen molar-refractivity contribution < 1.29 is 28.4 Å². The molecular weight excluding hydrogens is 594 g/mol. The van der Waals surface area contributed by atoms with Crippen LogP contribution in [0.3, 0.4) is 0 Å². The molecule has 0 aliphatic carbocycles. The maximum atomic E-state index is 13.7. The van der Waals surface area contributed by atoms with Gasteiger partial charge in [0.2, 0.25) is 5.91 Å². The second kappa shape index (κ2) is 13.8. The van der Waals surface area contributed by atoms with Gasteiger partial charge in [-0.2, -0.15) is 10.2 Å². The lowest BCUT2D eigenvalue weighted by molar-refractivity contribution is -0.123. The second-order valence-corrected chi connectivity index (χ2v) is 11.4. The minimum absolute atomic E-state index is 0.0465. The van der Waals surface area contributed by atoms with Gasteiger partial charge in [0.25, 0.3) is 11.8 Å². The van der Waals surface area contributed by atoms with Crippen molar-refractivity contribution in [3.8, 4) is 22.8 Å². The van der Waals surface area contributed by atoms with Crippen molar-refractivity contribution in [2.45, 2.75) is 46.7 Å². The van der Waals surface area contributed by atoms with Crippen molar-refractivity contribution in [1.82, 2.24) is 45.2 Å². The van der Waals surface area contributed by atoms with Gasteiger partial charge >= 0.3 is 0 Å². The zero-order valence-electron chi connectivity index (χ0n) is 26.9. The number of nitrogens with one attached hydrogen (secondary N) is 2. The van der Waals surface area contributed by atoms with Crippen molar-refractivity contribution in [3.05, 3.63) is 59.1 Å². The summed E-state index contributed by atoms with van der Waals surface area (Å²) in [6.45, 7) is 8.31. The Morgan fingerprint density at radius 1 is 1.15 bits per heavy atom. The molecule has 4 heterocycles. The Bertz CT molecular complexity index is 1720. The molecule has 46 heavy (non-hydrogen) atoms. The Labute approximate surface area is 266 Å². The van der Waals surface area contributed by atoms with Crippen LogP contribution in [0.1, 0.15) is 64.5 Å². The summed E-state index contributed by atoms with van der Waals surface area (Å²) in [6.07, 6.45) is 2.01. The highest BCUT2D eigenvalue weighted by molar-refractivity contribution is 5.96. The summed E-state index contributed by atoms with van der Waals surface area (Å²) >= 11 is 0. The Morgan fingerprint density at radius 2 is 1.96 bits per heavy atom. The third-order valence-corrected chi connectivity index (χ3v) is 7.80. The van der Waals surface area contributed by atoms with E-state index >= 15 is 0 Å². The highest BCUT2D eigenvalue weighted by Gasteiger charge is 2.28. The number of hydrogen-bond acceptors (Lipinski definition) is 10. The molecule has 5 rings (SSSR count). The molecule has 1 aliphatic rings. The van der Waals surface area contributed by atoms with E-state index in [1.807, 2.05) is 27.8 Å². The third kappa shape index (κ3) is 7.03. The number of fused-ring (bicyclic) bond motifs is 3. The molecule has 15 heteroatoms.